The summed E-state index contributed by atoms with van der Waals surface area (Å²) in [5, 5.41) is 9.11. The lowest BCUT2D eigenvalue weighted by atomic mass is 9.66. The number of aliphatic imine (C=N–C) groups is 1. The van der Waals surface area contributed by atoms with E-state index < -0.39 is 0 Å². The van der Waals surface area contributed by atoms with Gasteiger partial charge in [0.1, 0.15) is 6.07 Å². The quantitative estimate of drug-likeness (QED) is 0.571. The van der Waals surface area contributed by atoms with Gasteiger partial charge in [-0.25, -0.2) is 14.8 Å². The maximum absolute atomic E-state index is 14.0. The van der Waals surface area contributed by atoms with Crippen LogP contribution in [0, 0.1) is 16.7 Å². The molecule has 1 saturated heterocycles. The van der Waals surface area contributed by atoms with E-state index in [1.54, 1.807) is 12.4 Å². The van der Waals surface area contributed by atoms with E-state index in [2.05, 4.69) is 75.4 Å². The minimum Gasteiger partial charge on any atom is -0.316 e. The Morgan fingerprint density at radius 2 is 1.75 bits per heavy atom. The van der Waals surface area contributed by atoms with Crippen molar-refractivity contribution in [3.05, 3.63) is 54.1 Å². The van der Waals surface area contributed by atoms with Gasteiger partial charge in [-0.1, -0.05) is 36.8 Å². The molecule has 0 radical (unpaired) electrons. The number of aromatic nitrogens is 2. The SMILES string of the molecule is C/N=C/C1(CN2C(=O)N(c3cnc(C#N)nc3)C[C@]23CC[C@](c2ccccc2)(N(C)C)CC3)CCC1. The molecule has 5 rings (SSSR count). The van der Waals surface area contributed by atoms with Crippen LogP contribution in [0.4, 0.5) is 10.5 Å². The average Bonchev–Trinajstić information content (AvgIpc) is 3.14. The lowest BCUT2D eigenvalue weighted by Crippen LogP contribution is -2.58. The zero-order valence-corrected chi connectivity index (χ0v) is 21.5. The molecular formula is C28H35N7O. The van der Waals surface area contributed by atoms with Crippen molar-refractivity contribution in [2.75, 3.05) is 39.1 Å². The summed E-state index contributed by atoms with van der Waals surface area (Å²) < 4.78 is 0. The number of carbonyl (C=O) groups is 1. The Morgan fingerprint density at radius 3 is 2.28 bits per heavy atom. The third-order valence-electron chi connectivity index (χ3n) is 8.94. The number of nitriles is 1. The maximum Gasteiger partial charge on any atom is 0.325 e. The van der Waals surface area contributed by atoms with E-state index in [0.29, 0.717) is 18.8 Å². The van der Waals surface area contributed by atoms with Crippen molar-refractivity contribution < 1.29 is 4.79 Å². The van der Waals surface area contributed by atoms with Crippen LogP contribution in [0.3, 0.4) is 0 Å². The summed E-state index contributed by atoms with van der Waals surface area (Å²) in [6.07, 6.45) is 12.4. The van der Waals surface area contributed by atoms with Crippen LogP contribution in [0.15, 0.2) is 47.7 Å². The molecule has 188 valence electrons. The molecule has 2 aromatic rings. The normalized spacial score (nSPS) is 27.6. The van der Waals surface area contributed by atoms with Gasteiger partial charge in [0.15, 0.2) is 0 Å². The number of anilines is 1. The molecule has 2 aliphatic carbocycles. The first-order valence-corrected chi connectivity index (χ1v) is 12.8. The highest BCUT2D eigenvalue weighted by atomic mass is 16.2. The fourth-order valence-electron chi connectivity index (χ4n) is 6.60. The average molecular weight is 486 g/mol. The molecule has 3 aliphatic rings. The summed E-state index contributed by atoms with van der Waals surface area (Å²) in [5.74, 6) is 0.112. The van der Waals surface area contributed by atoms with Crippen molar-refractivity contribution in [3.8, 4) is 6.07 Å². The van der Waals surface area contributed by atoms with Crippen molar-refractivity contribution in [3.63, 3.8) is 0 Å². The molecule has 0 N–H and O–H groups in total. The number of hydrogen-bond donors (Lipinski definition) is 0. The summed E-state index contributed by atoms with van der Waals surface area (Å²) in [7, 11) is 6.17. The van der Waals surface area contributed by atoms with Crippen molar-refractivity contribution in [1.29, 1.82) is 5.26 Å². The first-order chi connectivity index (χ1) is 17.4. The van der Waals surface area contributed by atoms with Gasteiger partial charge in [0.25, 0.3) is 0 Å². The van der Waals surface area contributed by atoms with Crippen LogP contribution in [-0.2, 0) is 5.54 Å². The molecule has 0 bridgehead atoms. The van der Waals surface area contributed by atoms with Gasteiger partial charge in [0.2, 0.25) is 5.82 Å². The number of carbonyl (C=O) groups excluding carboxylic acids is 1. The fraction of sp³-hybridized carbons (Fsp3) is 0.536. The van der Waals surface area contributed by atoms with Crippen LogP contribution in [-0.4, -0.2) is 71.8 Å². The molecule has 3 fully saturated rings. The van der Waals surface area contributed by atoms with Gasteiger partial charge in [-0.05, 0) is 58.2 Å². The Bertz CT molecular complexity index is 1160. The van der Waals surface area contributed by atoms with E-state index in [-0.39, 0.29) is 28.3 Å². The Hall–Kier alpha value is -3.31. The van der Waals surface area contributed by atoms with Crippen molar-refractivity contribution in [2.24, 2.45) is 10.4 Å². The van der Waals surface area contributed by atoms with E-state index in [0.717, 1.165) is 38.5 Å². The second kappa shape index (κ2) is 9.29. The molecular weight excluding hydrogens is 450 g/mol. The summed E-state index contributed by atoms with van der Waals surface area (Å²) in [6.45, 7) is 1.30. The summed E-state index contributed by atoms with van der Waals surface area (Å²) in [6, 6.07) is 12.7. The molecule has 2 amide bonds. The lowest BCUT2D eigenvalue weighted by Gasteiger charge is -2.53. The van der Waals surface area contributed by atoms with E-state index >= 15 is 0 Å². The number of amides is 2. The van der Waals surface area contributed by atoms with Crippen molar-refractivity contribution in [1.82, 2.24) is 19.8 Å². The summed E-state index contributed by atoms with van der Waals surface area (Å²) >= 11 is 0. The second-order valence-electron chi connectivity index (χ2n) is 11.0. The largest absolute Gasteiger partial charge is 0.325 e. The van der Waals surface area contributed by atoms with Gasteiger partial charge in [-0.3, -0.25) is 9.80 Å². The zero-order valence-electron chi connectivity index (χ0n) is 21.5. The van der Waals surface area contributed by atoms with Crippen LogP contribution in [0.1, 0.15) is 56.3 Å². The summed E-state index contributed by atoms with van der Waals surface area (Å²) in [4.78, 5) is 33.0. The highest BCUT2D eigenvalue weighted by Gasteiger charge is 2.56. The van der Waals surface area contributed by atoms with E-state index in [1.165, 1.54) is 12.0 Å². The van der Waals surface area contributed by atoms with Gasteiger partial charge in [0.05, 0.1) is 30.2 Å². The smallest absolute Gasteiger partial charge is 0.316 e. The van der Waals surface area contributed by atoms with Gasteiger partial charge in [0, 0.05) is 30.8 Å². The third-order valence-corrected chi connectivity index (χ3v) is 8.94. The van der Waals surface area contributed by atoms with E-state index in [1.807, 2.05) is 18.0 Å². The molecule has 1 aromatic heterocycles. The zero-order chi connectivity index (χ0) is 25.4. The first-order valence-electron chi connectivity index (χ1n) is 12.8. The van der Waals surface area contributed by atoms with Gasteiger partial charge in [-0.2, -0.15) is 5.26 Å². The number of benzene rings is 1. The monoisotopic (exact) mass is 485 g/mol. The topological polar surface area (TPSA) is 88.7 Å². The Morgan fingerprint density at radius 1 is 1.08 bits per heavy atom. The highest BCUT2D eigenvalue weighted by molar-refractivity contribution is 5.95. The van der Waals surface area contributed by atoms with Crippen LogP contribution in [0.5, 0.6) is 0 Å². The standard InChI is InChI=1S/C28H35N7O/c1-30-19-26(10-7-11-26)20-35-25(36)34(23-17-31-24(16-29)32-18-23)21-27(35)12-14-28(15-13-27,33(2)3)22-8-5-4-6-9-22/h4-6,8-9,17-19H,7,10-15,20-21H2,1-3H3/b30-19+/t27-,28+. The highest BCUT2D eigenvalue weighted by Crippen LogP contribution is 2.51. The molecule has 8 heteroatoms. The molecule has 1 spiro atoms. The fourth-order valence-corrected chi connectivity index (χ4v) is 6.60. The van der Waals surface area contributed by atoms with Crippen molar-refractivity contribution >= 4 is 17.9 Å². The van der Waals surface area contributed by atoms with Crippen LogP contribution < -0.4 is 4.90 Å². The predicted octanol–water partition coefficient (Wildman–Crippen LogP) is 4.23. The van der Waals surface area contributed by atoms with E-state index in [4.69, 9.17) is 5.26 Å². The molecule has 2 heterocycles. The molecule has 1 aromatic carbocycles. The lowest BCUT2D eigenvalue weighted by molar-refractivity contribution is 0.0109. The van der Waals surface area contributed by atoms with Gasteiger partial charge >= 0.3 is 6.03 Å². The van der Waals surface area contributed by atoms with Gasteiger partial charge in [-0.15, -0.1) is 0 Å². The third kappa shape index (κ3) is 3.96. The number of nitrogens with zero attached hydrogens (tertiary/aromatic N) is 7. The molecule has 36 heavy (non-hydrogen) atoms. The Kier molecular flexibility index (Phi) is 6.29. The predicted molar refractivity (Wildman–Crippen MR) is 140 cm³/mol. The maximum atomic E-state index is 14.0. The first kappa shape index (κ1) is 24.4. The van der Waals surface area contributed by atoms with Crippen LogP contribution in [0.25, 0.3) is 0 Å². The molecule has 8 nitrogen and oxygen atoms in total. The summed E-state index contributed by atoms with van der Waals surface area (Å²) in [5.41, 5.74) is 1.64. The van der Waals surface area contributed by atoms with E-state index in [9.17, 15) is 4.79 Å². The number of rotatable bonds is 6. The van der Waals surface area contributed by atoms with Gasteiger partial charge < -0.3 is 9.89 Å². The minimum atomic E-state index is -0.260. The Labute approximate surface area is 213 Å². The molecule has 2 saturated carbocycles. The van der Waals surface area contributed by atoms with Crippen LogP contribution >= 0.6 is 0 Å². The number of hydrogen-bond acceptors (Lipinski definition) is 6. The minimum absolute atomic E-state index is 0.0103. The van der Waals surface area contributed by atoms with Crippen LogP contribution in [0.2, 0.25) is 0 Å². The second-order valence-corrected chi connectivity index (χ2v) is 11.0. The van der Waals surface area contributed by atoms with Crippen molar-refractivity contribution in [2.45, 2.75) is 56.0 Å². The Balaban J connectivity index is 1.48. The number of urea groups is 1. The molecule has 0 unspecified atom stereocenters. The molecule has 1 aliphatic heterocycles. The molecule has 0 atom stereocenters.